The molecule has 0 amide bonds. The van der Waals surface area contributed by atoms with Crippen LogP contribution in [0, 0.1) is 0 Å². The van der Waals surface area contributed by atoms with Crippen molar-refractivity contribution in [2.75, 3.05) is 18.1 Å². The number of aromatic nitrogens is 3. The summed E-state index contributed by atoms with van der Waals surface area (Å²) in [5, 5.41) is 7.22. The Hall–Kier alpha value is -1.24. The molecule has 1 aromatic heterocycles. The van der Waals surface area contributed by atoms with Crippen LogP contribution in [0.15, 0.2) is 9.59 Å². The summed E-state index contributed by atoms with van der Waals surface area (Å²) in [6, 6.07) is 0. The van der Waals surface area contributed by atoms with Crippen LogP contribution in [0.4, 0.5) is 5.82 Å². The van der Waals surface area contributed by atoms with Gasteiger partial charge in [0.25, 0.3) is 5.56 Å². The Balaban J connectivity index is 2.98. The molecule has 0 fully saturated rings. The van der Waals surface area contributed by atoms with Crippen molar-refractivity contribution in [3.05, 3.63) is 20.8 Å². The number of thioether (sulfide) groups is 1. The molecule has 0 saturated heterocycles. The third-order valence-corrected chi connectivity index (χ3v) is 3.25. The van der Waals surface area contributed by atoms with E-state index < -0.39 is 11.2 Å². The molecule has 0 spiro atoms. The zero-order chi connectivity index (χ0) is 12.3. The van der Waals surface area contributed by atoms with Gasteiger partial charge in [0, 0.05) is 25.9 Å². The number of nitrogens with one attached hydrogen (secondary N) is 1. The average molecular weight is 244 g/mol. The summed E-state index contributed by atoms with van der Waals surface area (Å²) in [5.41, 5.74) is -0.815. The van der Waals surface area contributed by atoms with Crippen molar-refractivity contribution >= 4 is 17.6 Å². The summed E-state index contributed by atoms with van der Waals surface area (Å²) in [6.07, 6.45) is 2.00. The molecule has 1 heterocycles. The Kier molecular flexibility index (Phi) is 4.17. The molecule has 16 heavy (non-hydrogen) atoms. The Morgan fingerprint density at radius 2 is 2.06 bits per heavy atom. The molecule has 0 aliphatic heterocycles. The first-order chi connectivity index (χ1) is 7.47. The number of anilines is 1. The summed E-state index contributed by atoms with van der Waals surface area (Å²) < 4.78 is 2.19. The first kappa shape index (κ1) is 12.8. The third kappa shape index (κ3) is 2.66. The Bertz CT molecular complexity index is 479. The highest BCUT2D eigenvalue weighted by Crippen LogP contribution is 2.04. The molecule has 0 bridgehead atoms. The lowest BCUT2D eigenvalue weighted by molar-refractivity contribution is 0.604. The molecule has 1 unspecified atom stereocenters. The van der Waals surface area contributed by atoms with Crippen molar-refractivity contribution in [2.45, 2.75) is 12.2 Å². The van der Waals surface area contributed by atoms with Gasteiger partial charge < -0.3 is 5.32 Å². The molecule has 90 valence electrons. The molecule has 1 rings (SSSR count). The van der Waals surface area contributed by atoms with E-state index >= 15 is 0 Å². The van der Waals surface area contributed by atoms with Gasteiger partial charge in [0.2, 0.25) is 5.82 Å². The van der Waals surface area contributed by atoms with Crippen LogP contribution in [0.2, 0.25) is 0 Å². The second kappa shape index (κ2) is 5.20. The SMILES string of the molecule is CSC(C)CNc1nn(C)c(=O)n(C)c1=O. The first-order valence-electron chi connectivity index (χ1n) is 4.88. The zero-order valence-electron chi connectivity index (χ0n) is 9.85. The Morgan fingerprint density at radius 1 is 1.44 bits per heavy atom. The first-order valence-corrected chi connectivity index (χ1v) is 6.17. The molecular weight excluding hydrogens is 228 g/mol. The van der Waals surface area contributed by atoms with Crippen molar-refractivity contribution < 1.29 is 0 Å². The van der Waals surface area contributed by atoms with Crippen molar-refractivity contribution in [3.63, 3.8) is 0 Å². The van der Waals surface area contributed by atoms with Crippen molar-refractivity contribution in [3.8, 4) is 0 Å². The van der Waals surface area contributed by atoms with Crippen molar-refractivity contribution in [1.29, 1.82) is 0 Å². The summed E-state index contributed by atoms with van der Waals surface area (Å²) in [6.45, 7) is 2.69. The van der Waals surface area contributed by atoms with Crippen LogP contribution < -0.4 is 16.6 Å². The number of hydrogen-bond donors (Lipinski definition) is 1. The highest BCUT2D eigenvalue weighted by molar-refractivity contribution is 7.99. The van der Waals surface area contributed by atoms with E-state index in [1.807, 2.05) is 13.2 Å². The van der Waals surface area contributed by atoms with Crippen molar-refractivity contribution in [1.82, 2.24) is 14.3 Å². The number of rotatable bonds is 4. The van der Waals surface area contributed by atoms with Gasteiger partial charge >= 0.3 is 5.69 Å². The second-order valence-electron chi connectivity index (χ2n) is 3.55. The van der Waals surface area contributed by atoms with Gasteiger partial charge in [-0.15, -0.1) is 5.10 Å². The van der Waals surface area contributed by atoms with Gasteiger partial charge in [-0.05, 0) is 6.26 Å². The van der Waals surface area contributed by atoms with Crippen LogP contribution in [0.25, 0.3) is 0 Å². The van der Waals surface area contributed by atoms with E-state index in [9.17, 15) is 9.59 Å². The molecule has 0 saturated carbocycles. The maximum Gasteiger partial charge on any atom is 0.346 e. The molecule has 1 atom stereocenters. The fourth-order valence-electron chi connectivity index (χ4n) is 1.13. The fraction of sp³-hybridized carbons (Fsp3) is 0.667. The van der Waals surface area contributed by atoms with Crippen LogP contribution >= 0.6 is 11.8 Å². The minimum atomic E-state index is -0.423. The van der Waals surface area contributed by atoms with E-state index in [2.05, 4.69) is 10.4 Å². The van der Waals surface area contributed by atoms with E-state index in [4.69, 9.17) is 0 Å². The largest absolute Gasteiger partial charge is 0.363 e. The van der Waals surface area contributed by atoms with Crippen LogP contribution in [0.1, 0.15) is 6.92 Å². The van der Waals surface area contributed by atoms with E-state index in [0.717, 1.165) is 9.25 Å². The maximum atomic E-state index is 11.7. The van der Waals surface area contributed by atoms with Gasteiger partial charge in [-0.25, -0.2) is 9.48 Å². The van der Waals surface area contributed by atoms with Crippen LogP contribution in [0.5, 0.6) is 0 Å². The molecule has 0 aliphatic carbocycles. The van der Waals surface area contributed by atoms with E-state index in [1.165, 1.54) is 14.1 Å². The molecular formula is C9H16N4O2S. The fourth-order valence-corrected chi connectivity index (χ4v) is 1.38. The quantitative estimate of drug-likeness (QED) is 0.783. The van der Waals surface area contributed by atoms with Gasteiger partial charge in [0.05, 0.1) is 0 Å². The highest BCUT2D eigenvalue weighted by atomic mass is 32.2. The van der Waals surface area contributed by atoms with Crippen LogP contribution in [0.3, 0.4) is 0 Å². The normalized spacial score (nSPS) is 12.5. The molecule has 0 aliphatic rings. The lowest BCUT2D eigenvalue weighted by Gasteiger charge is -2.11. The van der Waals surface area contributed by atoms with Gasteiger partial charge in [-0.1, -0.05) is 6.92 Å². The third-order valence-electron chi connectivity index (χ3n) is 2.28. The number of nitrogens with zero attached hydrogens (tertiary/aromatic N) is 3. The Labute approximate surface area is 97.7 Å². The second-order valence-corrected chi connectivity index (χ2v) is 4.82. The molecule has 0 radical (unpaired) electrons. The standard InChI is InChI=1S/C9H16N4O2S/c1-6(16-4)5-10-7-8(14)12(2)9(15)13(3)11-7/h6H,5H2,1-4H3,(H,10,11). The summed E-state index contributed by atoms with van der Waals surface area (Å²) >= 11 is 1.69. The van der Waals surface area contributed by atoms with Crippen LogP contribution in [-0.2, 0) is 14.1 Å². The van der Waals surface area contributed by atoms with Gasteiger partial charge in [0.15, 0.2) is 0 Å². The number of hydrogen-bond acceptors (Lipinski definition) is 5. The predicted molar refractivity (Wildman–Crippen MR) is 66.2 cm³/mol. The minimum Gasteiger partial charge on any atom is -0.363 e. The Morgan fingerprint density at radius 3 is 2.62 bits per heavy atom. The lowest BCUT2D eigenvalue weighted by atomic mass is 10.4. The van der Waals surface area contributed by atoms with Crippen molar-refractivity contribution in [2.24, 2.45) is 14.1 Å². The summed E-state index contributed by atoms with van der Waals surface area (Å²) in [4.78, 5) is 23.0. The van der Waals surface area contributed by atoms with Gasteiger partial charge in [-0.2, -0.15) is 11.8 Å². The van der Waals surface area contributed by atoms with E-state index in [1.54, 1.807) is 11.8 Å². The van der Waals surface area contributed by atoms with E-state index in [0.29, 0.717) is 11.8 Å². The smallest absolute Gasteiger partial charge is 0.346 e. The van der Waals surface area contributed by atoms with Crippen LogP contribution in [-0.4, -0.2) is 32.4 Å². The summed E-state index contributed by atoms with van der Waals surface area (Å²) in [7, 11) is 2.96. The molecule has 1 aromatic rings. The molecule has 0 aromatic carbocycles. The lowest BCUT2D eigenvalue weighted by Crippen LogP contribution is -2.40. The molecule has 6 nitrogen and oxygen atoms in total. The highest BCUT2D eigenvalue weighted by Gasteiger charge is 2.08. The number of aryl methyl sites for hydroxylation is 1. The predicted octanol–water partition coefficient (Wildman–Crippen LogP) is -0.358. The zero-order valence-corrected chi connectivity index (χ0v) is 10.7. The maximum absolute atomic E-state index is 11.7. The monoisotopic (exact) mass is 244 g/mol. The van der Waals surface area contributed by atoms with Gasteiger partial charge in [-0.3, -0.25) is 9.36 Å². The minimum absolute atomic E-state index is 0.213. The molecule has 7 heteroatoms. The molecule has 1 N–H and O–H groups in total. The topological polar surface area (TPSA) is 68.9 Å². The average Bonchev–Trinajstić information content (AvgIpc) is 2.28. The summed E-state index contributed by atoms with van der Waals surface area (Å²) in [5.74, 6) is 0.213. The van der Waals surface area contributed by atoms with E-state index in [-0.39, 0.29) is 5.82 Å². The van der Waals surface area contributed by atoms with Gasteiger partial charge in [0.1, 0.15) is 0 Å².